The Morgan fingerprint density at radius 3 is 1.11 bits per heavy atom. The number of carbonyl (C=O) groups is 2. The quantitative estimate of drug-likeness (QED) is 0.0321. The first-order chi connectivity index (χ1) is 32.0. The van der Waals surface area contributed by atoms with Crippen molar-refractivity contribution in [3.63, 3.8) is 0 Å². The second kappa shape index (κ2) is 53.6. The number of unbranched alkanes of at least 4 members (excludes halogenated alkanes) is 40. The van der Waals surface area contributed by atoms with E-state index in [1.165, 1.54) is 225 Å². The highest BCUT2D eigenvalue weighted by Gasteiger charge is 2.24. The first-order valence-electron chi connectivity index (χ1n) is 29.4. The van der Waals surface area contributed by atoms with Crippen LogP contribution in [0.1, 0.15) is 329 Å². The predicted octanol–water partition coefficient (Wildman–Crippen LogP) is 18.1. The van der Waals surface area contributed by atoms with E-state index in [2.05, 4.69) is 38.2 Å². The molecule has 0 bridgehead atoms. The Morgan fingerprint density at radius 2 is 0.738 bits per heavy atom. The molecule has 0 aliphatic rings. The van der Waals surface area contributed by atoms with Crippen LogP contribution in [0.3, 0.4) is 0 Å². The van der Waals surface area contributed by atoms with E-state index in [-0.39, 0.29) is 24.9 Å². The summed E-state index contributed by atoms with van der Waals surface area (Å²) in [5.41, 5.74) is 0. The molecule has 3 unspecified atom stereocenters. The van der Waals surface area contributed by atoms with Gasteiger partial charge in [0.25, 0.3) is 0 Å². The number of amides is 1. The zero-order chi connectivity index (χ0) is 47.4. The number of ether oxygens (including phenoxy) is 1. The van der Waals surface area contributed by atoms with Crippen LogP contribution in [0.5, 0.6) is 0 Å². The standard InChI is InChI=1S/C59H115NO5/c1-4-7-10-13-16-19-22-25-28-30-33-36-39-42-45-48-51-57(62)56(54-61)60-58(63)53-55(50-47-44-41-38-35-32-27-24-21-18-15-12-9-6-3)65-59(64)52-49-46-43-40-37-34-31-29-26-23-20-17-14-11-8-5-2/h32,35,55-57,61-62H,4-31,33-34,36-54H2,1-3H3,(H,60,63)/b35-32+. The van der Waals surface area contributed by atoms with E-state index in [1.807, 2.05) is 0 Å². The van der Waals surface area contributed by atoms with E-state index in [4.69, 9.17) is 4.74 Å². The number of allylic oxidation sites excluding steroid dienone is 2. The highest BCUT2D eigenvalue weighted by molar-refractivity contribution is 5.77. The molecule has 0 aromatic carbocycles. The number of aliphatic hydroxyl groups is 2. The minimum Gasteiger partial charge on any atom is -0.462 e. The Bertz CT molecular complexity index is 986. The van der Waals surface area contributed by atoms with Gasteiger partial charge in [-0.15, -0.1) is 0 Å². The fraction of sp³-hybridized carbons (Fsp3) is 0.932. The van der Waals surface area contributed by atoms with Crippen molar-refractivity contribution in [2.75, 3.05) is 6.61 Å². The van der Waals surface area contributed by atoms with E-state index in [0.717, 1.165) is 57.8 Å². The summed E-state index contributed by atoms with van der Waals surface area (Å²) < 4.78 is 5.96. The van der Waals surface area contributed by atoms with Crippen molar-refractivity contribution in [3.05, 3.63) is 12.2 Å². The molecule has 3 N–H and O–H groups in total. The number of nitrogens with one attached hydrogen (secondary N) is 1. The molecule has 0 fully saturated rings. The molecule has 0 aliphatic carbocycles. The zero-order valence-corrected chi connectivity index (χ0v) is 44.2. The van der Waals surface area contributed by atoms with Gasteiger partial charge >= 0.3 is 5.97 Å². The largest absolute Gasteiger partial charge is 0.462 e. The topological polar surface area (TPSA) is 95.9 Å². The molecule has 0 spiro atoms. The molecule has 6 nitrogen and oxygen atoms in total. The Labute approximate surface area is 406 Å². The molecule has 0 aromatic heterocycles. The Kier molecular flexibility index (Phi) is 52.4. The first kappa shape index (κ1) is 63.6. The van der Waals surface area contributed by atoms with Crippen LogP contribution in [-0.2, 0) is 14.3 Å². The van der Waals surface area contributed by atoms with Gasteiger partial charge in [-0.3, -0.25) is 9.59 Å². The summed E-state index contributed by atoms with van der Waals surface area (Å²) in [6, 6.07) is -0.701. The maximum atomic E-state index is 13.3. The van der Waals surface area contributed by atoms with Gasteiger partial charge < -0.3 is 20.3 Å². The highest BCUT2D eigenvalue weighted by atomic mass is 16.5. The Hall–Kier alpha value is -1.40. The Morgan fingerprint density at radius 1 is 0.431 bits per heavy atom. The number of hydrogen-bond acceptors (Lipinski definition) is 5. The predicted molar refractivity (Wildman–Crippen MR) is 283 cm³/mol. The van der Waals surface area contributed by atoms with Gasteiger partial charge in [-0.25, -0.2) is 0 Å². The fourth-order valence-electron chi connectivity index (χ4n) is 9.37. The van der Waals surface area contributed by atoms with Crippen molar-refractivity contribution in [1.82, 2.24) is 5.32 Å². The third-order valence-electron chi connectivity index (χ3n) is 13.8. The summed E-state index contributed by atoms with van der Waals surface area (Å²) in [5, 5.41) is 23.9. The van der Waals surface area contributed by atoms with Gasteiger partial charge in [-0.1, -0.05) is 277 Å². The number of carbonyl (C=O) groups excluding carboxylic acids is 2. The third-order valence-corrected chi connectivity index (χ3v) is 13.8. The normalized spacial score (nSPS) is 13.1. The van der Waals surface area contributed by atoms with Crippen molar-refractivity contribution < 1.29 is 24.5 Å². The lowest BCUT2D eigenvalue weighted by atomic mass is 10.0. The van der Waals surface area contributed by atoms with E-state index < -0.39 is 18.2 Å². The average Bonchev–Trinajstić information content (AvgIpc) is 3.30. The van der Waals surface area contributed by atoms with Crippen LogP contribution in [0.15, 0.2) is 12.2 Å². The molecule has 0 heterocycles. The molecule has 6 heteroatoms. The monoisotopic (exact) mass is 918 g/mol. The smallest absolute Gasteiger partial charge is 0.306 e. The van der Waals surface area contributed by atoms with Crippen LogP contribution >= 0.6 is 0 Å². The van der Waals surface area contributed by atoms with Crippen molar-refractivity contribution in [2.24, 2.45) is 0 Å². The molecule has 0 saturated carbocycles. The van der Waals surface area contributed by atoms with E-state index in [1.54, 1.807) is 0 Å². The summed E-state index contributed by atoms with van der Waals surface area (Å²) in [6.45, 7) is 6.53. The molecule has 0 saturated heterocycles. The molecule has 65 heavy (non-hydrogen) atoms. The maximum Gasteiger partial charge on any atom is 0.306 e. The van der Waals surface area contributed by atoms with Crippen molar-refractivity contribution >= 4 is 11.9 Å². The molecule has 0 aliphatic heterocycles. The number of esters is 1. The molecular formula is C59H115NO5. The summed E-state index contributed by atoms with van der Waals surface area (Å²) in [4.78, 5) is 26.3. The van der Waals surface area contributed by atoms with E-state index in [9.17, 15) is 19.8 Å². The van der Waals surface area contributed by atoms with E-state index >= 15 is 0 Å². The first-order valence-corrected chi connectivity index (χ1v) is 29.4. The van der Waals surface area contributed by atoms with E-state index in [0.29, 0.717) is 19.3 Å². The summed E-state index contributed by atoms with van der Waals surface area (Å²) in [5.74, 6) is -0.465. The third kappa shape index (κ3) is 48.9. The van der Waals surface area contributed by atoms with Gasteiger partial charge in [0.05, 0.1) is 25.2 Å². The van der Waals surface area contributed by atoms with Gasteiger partial charge in [-0.05, 0) is 51.4 Å². The Balaban J connectivity index is 4.50. The molecule has 3 atom stereocenters. The van der Waals surface area contributed by atoms with Gasteiger partial charge in [0.15, 0.2) is 0 Å². The zero-order valence-electron chi connectivity index (χ0n) is 44.2. The lowest BCUT2D eigenvalue weighted by molar-refractivity contribution is -0.151. The fourth-order valence-corrected chi connectivity index (χ4v) is 9.37. The van der Waals surface area contributed by atoms with Gasteiger partial charge in [-0.2, -0.15) is 0 Å². The lowest BCUT2D eigenvalue weighted by Gasteiger charge is -2.24. The number of hydrogen-bond donors (Lipinski definition) is 3. The second-order valence-electron chi connectivity index (χ2n) is 20.4. The lowest BCUT2D eigenvalue weighted by Crippen LogP contribution is -2.46. The van der Waals surface area contributed by atoms with Crippen LogP contribution in [0.4, 0.5) is 0 Å². The van der Waals surface area contributed by atoms with Crippen molar-refractivity contribution in [2.45, 2.75) is 347 Å². The number of rotatable bonds is 54. The molecular weight excluding hydrogens is 803 g/mol. The van der Waals surface area contributed by atoms with Gasteiger partial charge in [0.1, 0.15) is 6.10 Å². The molecule has 1 amide bonds. The minimum atomic E-state index is -0.787. The maximum absolute atomic E-state index is 13.3. The summed E-state index contributed by atoms with van der Waals surface area (Å²) >= 11 is 0. The van der Waals surface area contributed by atoms with Crippen LogP contribution in [0.25, 0.3) is 0 Å². The summed E-state index contributed by atoms with van der Waals surface area (Å²) in [6.07, 6.45) is 61.4. The highest BCUT2D eigenvalue weighted by Crippen LogP contribution is 2.19. The van der Waals surface area contributed by atoms with Crippen LogP contribution in [0, 0.1) is 0 Å². The molecule has 0 radical (unpaired) electrons. The number of aliphatic hydroxyl groups excluding tert-OH is 2. The SMILES string of the molecule is CCCCCCCCC/C=C/CCCCCC(CC(=O)NC(CO)C(O)CCCCCCCCCCCCCCCCCC)OC(=O)CCCCCCCCCCCCCCCCCC. The van der Waals surface area contributed by atoms with Crippen LogP contribution < -0.4 is 5.32 Å². The minimum absolute atomic E-state index is 0.0747. The average molecular weight is 919 g/mol. The van der Waals surface area contributed by atoms with Gasteiger partial charge in [0.2, 0.25) is 5.91 Å². The van der Waals surface area contributed by atoms with Crippen molar-refractivity contribution in [3.8, 4) is 0 Å². The molecule has 0 rings (SSSR count). The van der Waals surface area contributed by atoms with Crippen LogP contribution in [0.2, 0.25) is 0 Å². The summed E-state index contributed by atoms with van der Waals surface area (Å²) in [7, 11) is 0. The van der Waals surface area contributed by atoms with Gasteiger partial charge in [0, 0.05) is 6.42 Å². The van der Waals surface area contributed by atoms with Crippen LogP contribution in [-0.4, -0.2) is 46.9 Å². The molecule has 386 valence electrons. The van der Waals surface area contributed by atoms with Crippen molar-refractivity contribution in [1.29, 1.82) is 0 Å². The molecule has 0 aromatic rings. The second-order valence-corrected chi connectivity index (χ2v) is 20.4.